The lowest BCUT2D eigenvalue weighted by molar-refractivity contribution is -0.131. The maximum atomic E-state index is 11.3. The number of amides is 1. The number of thioether (sulfide) groups is 1. The second-order valence-electron chi connectivity index (χ2n) is 3.11. The van der Waals surface area contributed by atoms with Crippen LogP contribution in [-0.2, 0) is 4.79 Å². The van der Waals surface area contributed by atoms with Crippen LogP contribution in [0.2, 0.25) is 0 Å². The fourth-order valence-corrected chi connectivity index (χ4v) is 2.50. The molecule has 0 spiro atoms. The summed E-state index contributed by atoms with van der Waals surface area (Å²) < 4.78 is 0. The molecule has 1 aliphatic rings. The molecule has 0 aromatic heterocycles. The van der Waals surface area contributed by atoms with Gasteiger partial charge in [0, 0.05) is 23.6 Å². The zero-order valence-corrected chi connectivity index (χ0v) is 8.43. The minimum Gasteiger partial charge on any atom is -0.337 e. The first-order chi connectivity index (χ1) is 5.66. The van der Waals surface area contributed by atoms with Crippen molar-refractivity contribution < 1.29 is 4.79 Å². The van der Waals surface area contributed by atoms with Crippen LogP contribution in [0.15, 0.2) is 0 Å². The van der Waals surface area contributed by atoms with Crippen molar-refractivity contribution in [3.05, 3.63) is 0 Å². The van der Waals surface area contributed by atoms with Gasteiger partial charge in [-0.15, -0.1) is 0 Å². The summed E-state index contributed by atoms with van der Waals surface area (Å²) in [6.45, 7) is 5.24. The molecular weight excluding hydrogens is 172 g/mol. The second kappa shape index (κ2) is 4.14. The molecule has 1 fully saturated rings. The zero-order valence-electron chi connectivity index (χ0n) is 7.62. The standard InChI is InChI=1S/C8H16N2OS/c1-6-7(2)12-4-3-10(6)8(11)5-9/h6-7H,3-5,9H2,1-2H3. The molecule has 3 nitrogen and oxygen atoms in total. The summed E-state index contributed by atoms with van der Waals surface area (Å²) in [5.41, 5.74) is 5.31. The number of rotatable bonds is 1. The third kappa shape index (κ3) is 1.93. The third-order valence-corrected chi connectivity index (χ3v) is 3.72. The van der Waals surface area contributed by atoms with Crippen LogP contribution in [0, 0.1) is 0 Å². The Hall–Kier alpha value is -0.220. The van der Waals surface area contributed by atoms with Gasteiger partial charge < -0.3 is 10.6 Å². The molecule has 0 saturated carbocycles. The van der Waals surface area contributed by atoms with E-state index in [0.717, 1.165) is 12.3 Å². The summed E-state index contributed by atoms with van der Waals surface area (Å²) in [6.07, 6.45) is 0. The van der Waals surface area contributed by atoms with Crippen LogP contribution in [0.1, 0.15) is 13.8 Å². The Morgan fingerprint density at radius 2 is 2.33 bits per heavy atom. The van der Waals surface area contributed by atoms with Gasteiger partial charge in [-0.3, -0.25) is 4.79 Å². The number of carbonyl (C=O) groups is 1. The van der Waals surface area contributed by atoms with E-state index in [9.17, 15) is 4.79 Å². The van der Waals surface area contributed by atoms with Crippen molar-refractivity contribution in [2.24, 2.45) is 5.73 Å². The third-order valence-electron chi connectivity index (χ3n) is 2.38. The van der Waals surface area contributed by atoms with E-state index in [2.05, 4.69) is 13.8 Å². The van der Waals surface area contributed by atoms with E-state index in [0.29, 0.717) is 11.3 Å². The molecule has 70 valence electrons. The van der Waals surface area contributed by atoms with E-state index in [1.165, 1.54) is 0 Å². The molecule has 2 atom stereocenters. The Labute approximate surface area is 77.7 Å². The maximum Gasteiger partial charge on any atom is 0.236 e. The quantitative estimate of drug-likeness (QED) is 0.643. The van der Waals surface area contributed by atoms with Crippen LogP contribution in [0.3, 0.4) is 0 Å². The highest BCUT2D eigenvalue weighted by molar-refractivity contribution is 8.00. The van der Waals surface area contributed by atoms with Gasteiger partial charge in [0.15, 0.2) is 0 Å². The van der Waals surface area contributed by atoms with Crippen LogP contribution in [0.5, 0.6) is 0 Å². The Kier molecular flexibility index (Phi) is 3.40. The van der Waals surface area contributed by atoms with Gasteiger partial charge in [-0.1, -0.05) is 6.92 Å². The van der Waals surface area contributed by atoms with E-state index in [-0.39, 0.29) is 12.5 Å². The molecule has 0 aliphatic carbocycles. The lowest BCUT2D eigenvalue weighted by Gasteiger charge is -2.37. The van der Waals surface area contributed by atoms with Crippen LogP contribution in [-0.4, -0.2) is 40.9 Å². The van der Waals surface area contributed by atoms with Gasteiger partial charge >= 0.3 is 0 Å². The van der Waals surface area contributed by atoms with Crippen molar-refractivity contribution in [1.29, 1.82) is 0 Å². The number of hydrogen-bond acceptors (Lipinski definition) is 3. The smallest absolute Gasteiger partial charge is 0.236 e. The molecule has 0 aromatic rings. The molecular formula is C8H16N2OS. The molecule has 1 aliphatic heterocycles. The Bertz CT molecular complexity index is 174. The number of hydrogen-bond donors (Lipinski definition) is 1. The first-order valence-corrected chi connectivity index (χ1v) is 5.33. The van der Waals surface area contributed by atoms with Gasteiger partial charge in [0.25, 0.3) is 0 Å². The highest BCUT2D eigenvalue weighted by Crippen LogP contribution is 2.23. The van der Waals surface area contributed by atoms with Gasteiger partial charge in [0.05, 0.1) is 6.54 Å². The minimum absolute atomic E-state index is 0.0784. The number of nitrogens with two attached hydrogens (primary N) is 1. The molecule has 0 bridgehead atoms. The predicted molar refractivity (Wildman–Crippen MR) is 52.1 cm³/mol. The molecule has 1 amide bonds. The molecule has 2 unspecified atom stereocenters. The topological polar surface area (TPSA) is 46.3 Å². The van der Waals surface area contributed by atoms with Crippen LogP contribution in [0.25, 0.3) is 0 Å². The van der Waals surface area contributed by atoms with Crippen molar-refractivity contribution >= 4 is 17.7 Å². The number of nitrogens with zero attached hydrogens (tertiary/aromatic N) is 1. The highest BCUT2D eigenvalue weighted by Gasteiger charge is 2.27. The van der Waals surface area contributed by atoms with Gasteiger partial charge in [0.1, 0.15) is 0 Å². The largest absolute Gasteiger partial charge is 0.337 e. The van der Waals surface area contributed by atoms with Crippen LogP contribution in [0.4, 0.5) is 0 Å². The van der Waals surface area contributed by atoms with Crippen LogP contribution >= 0.6 is 11.8 Å². The second-order valence-corrected chi connectivity index (χ2v) is 4.59. The van der Waals surface area contributed by atoms with Crippen molar-refractivity contribution in [2.45, 2.75) is 25.1 Å². The van der Waals surface area contributed by atoms with Crippen molar-refractivity contribution in [1.82, 2.24) is 4.90 Å². The van der Waals surface area contributed by atoms with Crippen molar-refractivity contribution in [2.75, 3.05) is 18.8 Å². The average Bonchev–Trinajstić information content (AvgIpc) is 2.08. The lowest BCUT2D eigenvalue weighted by Crippen LogP contribution is -2.50. The molecule has 0 aromatic carbocycles. The highest BCUT2D eigenvalue weighted by atomic mass is 32.2. The first kappa shape index (κ1) is 9.86. The predicted octanol–water partition coefficient (Wildman–Crippen LogP) is 0.297. The Morgan fingerprint density at radius 3 is 2.92 bits per heavy atom. The monoisotopic (exact) mass is 188 g/mol. The summed E-state index contributed by atoms with van der Waals surface area (Å²) in [5.74, 6) is 1.12. The SMILES string of the molecule is CC1SCCN(C(=O)CN)C1C. The van der Waals surface area contributed by atoms with Gasteiger partial charge in [-0.2, -0.15) is 11.8 Å². The molecule has 4 heteroatoms. The fourth-order valence-electron chi connectivity index (χ4n) is 1.40. The Balaban J connectivity index is 2.57. The van der Waals surface area contributed by atoms with Gasteiger partial charge in [-0.05, 0) is 6.92 Å². The minimum atomic E-state index is 0.0784. The normalized spacial score (nSPS) is 30.4. The van der Waals surface area contributed by atoms with E-state index in [1.54, 1.807) is 0 Å². The molecule has 1 heterocycles. The summed E-state index contributed by atoms with van der Waals surface area (Å²) >= 11 is 1.92. The molecule has 0 radical (unpaired) electrons. The molecule has 1 saturated heterocycles. The van der Waals surface area contributed by atoms with E-state index in [1.807, 2.05) is 16.7 Å². The van der Waals surface area contributed by atoms with E-state index >= 15 is 0 Å². The zero-order chi connectivity index (χ0) is 9.14. The lowest BCUT2D eigenvalue weighted by atomic mass is 10.2. The summed E-state index contributed by atoms with van der Waals surface area (Å²) in [7, 11) is 0. The average molecular weight is 188 g/mol. The van der Waals surface area contributed by atoms with Gasteiger partial charge in [0.2, 0.25) is 5.91 Å². The summed E-state index contributed by atoms with van der Waals surface area (Å²) in [4.78, 5) is 13.2. The molecule has 12 heavy (non-hydrogen) atoms. The van der Waals surface area contributed by atoms with E-state index < -0.39 is 0 Å². The maximum absolute atomic E-state index is 11.3. The van der Waals surface area contributed by atoms with Gasteiger partial charge in [-0.25, -0.2) is 0 Å². The van der Waals surface area contributed by atoms with Crippen LogP contribution < -0.4 is 5.73 Å². The first-order valence-electron chi connectivity index (χ1n) is 4.28. The summed E-state index contributed by atoms with van der Waals surface area (Å²) in [6, 6.07) is 0.333. The summed E-state index contributed by atoms with van der Waals surface area (Å²) in [5, 5.41) is 0.536. The van der Waals surface area contributed by atoms with Crippen molar-refractivity contribution in [3.63, 3.8) is 0 Å². The molecule has 2 N–H and O–H groups in total. The van der Waals surface area contributed by atoms with E-state index in [4.69, 9.17) is 5.73 Å². The molecule has 1 rings (SSSR count). The number of carbonyl (C=O) groups excluding carboxylic acids is 1. The Morgan fingerprint density at radius 1 is 1.67 bits per heavy atom. The fraction of sp³-hybridized carbons (Fsp3) is 0.875. The van der Waals surface area contributed by atoms with Crippen molar-refractivity contribution in [3.8, 4) is 0 Å².